The monoisotopic (exact) mass is 246 g/mol. The van der Waals surface area contributed by atoms with Crippen molar-refractivity contribution in [2.45, 2.75) is 26.2 Å². The number of carbonyl (C=O) groups excluding carboxylic acids is 1. The van der Waals surface area contributed by atoms with Crippen LogP contribution in [0.15, 0.2) is 24.3 Å². The minimum atomic E-state index is -1.05. The van der Waals surface area contributed by atoms with E-state index >= 15 is 0 Å². The third kappa shape index (κ3) is 4.47. The maximum Gasteiger partial charge on any atom is 1.00 e. The van der Waals surface area contributed by atoms with Gasteiger partial charge in [-0.25, -0.2) is 4.79 Å². The molecule has 0 spiro atoms. The van der Waals surface area contributed by atoms with Crippen LogP contribution < -0.4 is 51.4 Å². The van der Waals surface area contributed by atoms with E-state index in [1.165, 1.54) is 6.07 Å². The maximum absolute atomic E-state index is 11.7. The van der Waals surface area contributed by atoms with E-state index in [9.17, 15) is 9.59 Å². The summed E-state index contributed by atoms with van der Waals surface area (Å²) in [6, 6.07) is 6.34. The zero-order valence-corrected chi connectivity index (χ0v) is 12.8. The summed E-state index contributed by atoms with van der Waals surface area (Å²) in [5.74, 6) is -1.13. The predicted molar refractivity (Wildman–Crippen MR) is 58.4 cm³/mol. The molecule has 0 bridgehead atoms. The summed E-state index contributed by atoms with van der Waals surface area (Å²) in [5, 5.41) is 8.89. The first-order valence-electron chi connectivity index (χ1n) is 5.02. The molecule has 82 valence electrons. The largest absolute Gasteiger partial charge is 1.00 e. The van der Waals surface area contributed by atoms with Crippen LogP contribution in [0.25, 0.3) is 0 Å². The fourth-order valence-electron chi connectivity index (χ4n) is 1.38. The summed E-state index contributed by atoms with van der Waals surface area (Å²) < 4.78 is 0. The van der Waals surface area contributed by atoms with Crippen molar-refractivity contribution in [2.75, 3.05) is 0 Å². The summed E-state index contributed by atoms with van der Waals surface area (Å²) in [6.07, 6.45) is 2.15. The molecule has 0 saturated carbocycles. The molecule has 0 aliphatic rings. The van der Waals surface area contributed by atoms with Gasteiger partial charge in [-0.2, -0.15) is 0 Å². The van der Waals surface area contributed by atoms with Crippen molar-refractivity contribution in [1.29, 1.82) is 0 Å². The fourth-order valence-corrected chi connectivity index (χ4v) is 1.38. The first-order valence-corrected chi connectivity index (χ1v) is 5.02. The average molecular weight is 246 g/mol. The molecular formula is C12H15KO3. The molecule has 0 unspecified atom stereocenters. The van der Waals surface area contributed by atoms with Gasteiger partial charge in [-0.15, -0.1) is 0 Å². The molecule has 0 fully saturated rings. The molecule has 16 heavy (non-hydrogen) atoms. The zero-order valence-electron chi connectivity index (χ0n) is 10.7. The van der Waals surface area contributed by atoms with E-state index in [0.29, 0.717) is 12.0 Å². The fraction of sp³-hybridized carbons (Fsp3) is 0.333. The molecule has 3 nitrogen and oxygen atoms in total. The molecule has 0 saturated heterocycles. The SMILES string of the molecule is CCCCC(=O)c1ccccc1C(=O)O.[H-].[K+]. The van der Waals surface area contributed by atoms with Crippen LogP contribution in [0.2, 0.25) is 0 Å². The summed E-state index contributed by atoms with van der Waals surface area (Å²) in [7, 11) is 0. The number of hydrogen-bond donors (Lipinski definition) is 1. The predicted octanol–water partition coefficient (Wildman–Crippen LogP) is -0.126. The molecule has 0 heterocycles. The molecule has 0 amide bonds. The summed E-state index contributed by atoms with van der Waals surface area (Å²) in [4.78, 5) is 22.5. The van der Waals surface area contributed by atoms with Crippen molar-refractivity contribution in [1.82, 2.24) is 0 Å². The maximum atomic E-state index is 11.7. The first kappa shape index (κ1) is 16.0. The molecule has 1 N–H and O–H groups in total. The van der Waals surface area contributed by atoms with Gasteiger partial charge in [-0.1, -0.05) is 31.5 Å². The third-order valence-corrected chi connectivity index (χ3v) is 2.22. The Bertz CT molecular complexity index is 380. The van der Waals surface area contributed by atoms with E-state index in [1.807, 2.05) is 6.92 Å². The van der Waals surface area contributed by atoms with E-state index in [1.54, 1.807) is 18.2 Å². The Morgan fingerprint density at radius 2 is 1.81 bits per heavy atom. The number of carboxylic acid groups (broad SMARTS) is 1. The van der Waals surface area contributed by atoms with Crippen molar-refractivity contribution in [3.05, 3.63) is 35.4 Å². The van der Waals surface area contributed by atoms with Crippen LogP contribution >= 0.6 is 0 Å². The molecule has 0 atom stereocenters. The number of benzene rings is 1. The van der Waals surface area contributed by atoms with Gasteiger partial charge >= 0.3 is 57.4 Å². The van der Waals surface area contributed by atoms with Crippen molar-refractivity contribution in [2.24, 2.45) is 0 Å². The zero-order chi connectivity index (χ0) is 11.3. The second-order valence-corrected chi connectivity index (χ2v) is 3.38. The number of rotatable bonds is 5. The Labute approximate surface area is 139 Å². The Balaban J connectivity index is 0. The standard InChI is InChI=1S/C12H14O3.K.H/c1-2-3-8-11(13)9-6-4-5-7-10(9)12(14)15;;/h4-7H,2-3,8H2,1H3,(H,14,15);;/q;+1;-1. The van der Waals surface area contributed by atoms with Gasteiger partial charge in [0.05, 0.1) is 5.56 Å². The van der Waals surface area contributed by atoms with Gasteiger partial charge in [0, 0.05) is 12.0 Å². The number of Topliss-reactive ketones (excluding diaryl/α,β-unsaturated/α-hetero) is 1. The molecule has 0 aromatic heterocycles. The Hall–Kier alpha value is -0.00364. The van der Waals surface area contributed by atoms with Crippen molar-refractivity contribution in [3.63, 3.8) is 0 Å². The van der Waals surface area contributed by atoms with Crippen LogP contribution in [0.1, 0.15) is 48.3 Å². The van der Waals surface area contributed by atoms with Gasteiger partial charge < -0.3 is 6.53 Å². The number of ketones is 1. The van der Waals surface area contributed by atoms with Crippen LogP contribution in [-0.2, 0) is 0 Å². The topological polar surface area (TPSA) is 54.4 Å². The summed E-state index contributed by atoms with van der Waals surface area (Å²) in [5.41, 5.74) is 0.414. The van der Waals surface area contributed by atoms with E-state index in [-0.39, 0.29) is 64.2 Å². The van der Waals surface area contributed by atoms with E-state index in [0.717, 1.165) is 12.8 Å². The molecule has 1 aromatic carbocycles. The van der Waals surface area contributed by atoms with Crippen LogP contribution in [0, 0.1) is 0 Å². The number of carboxylic acids is 1. The molecule has 1 rings (SSSR count). The van der Waals surface area contributed by atoms with Gasteiger partial charge in [0.15, 0.2) is 5.78 Å². The third-order valence-electron chi connectivity index (χ3n) is 2.22. The normalized spacial score (nSPS) is 9.31. The van der Waals surface area contributed by atoms with Gasteiger partial charge in [0.25, 0.3) is 0 Å². The van der Waals surface area contributed by atoms with Crippen molar-refractivity contribution in [3.8, 4) is 0 Å². The van der Waals surface area contributed by atoms with Crippen LogP contribution in [-0.4, -0.2) is 16.9 Å². The number of unbranched alkanes of at least 4 members (excludes halogenated alkanes) is 1. The molecule has 0 aliphatic carbocycles. The number of carbonyl (C=O) groups is 2. The van der Waals surface area contributed by atoms with Crippen LogP contribution in [0.4, 0.5) is 0 Å². The van der Waals surface area contributed by atoms with Crippen molar-refractivity contribution >= 4 is 11.8 Å². The van der Waals surface area contributed by atoms with E-state index < -0.39 is 5.97 Å². The number of aromatic carboxylic acids is 1. The smallest absolute Gasteiger partial charge is 1.00 e. The molecule has 0 radical (unpaired) electrons. The van der Waals surface area contributed by atoms with Gasteiger partial charge in [0.2, 0.25) is 0 Å². The molecule has 0 aliphatic heterocycles. The Morgan fingerprint density at radius 3 is 2.31 bits per heavy atom. The van der Waals surface area contributed by atoms with E-state index in [4.69, 9.17) is 5.11 Å². The second-order valence-electron chi connectivity index (χ2n) is 3.38. The number of hydrogen-bond acceptors (Lipinski definition) is 2. The minimum Gasteiger partial charge on any atom is -1.00 e. The summed E-state index contributed by atoms with van der Waals surface area (Å²) in [6.45, 7) is 2.00. The Kier molecular flexibility index (Phi) is 8.14. The van der Waals surface area contributed by atoms with E-state index in [2.05, 4.69) is 0 Å². The van der Waals surface area contributed by atoms with Crippen LogP contribution in [0.5, 0.6) is 0 Å². The van der Waals surface area contributed by atoms with Gasteiger partial charge in [0.1, 0.15) is 0 Å². The van der Waals surface area contributed by atoms with Crippen molar-refractivity contribution < 1.29 is 67.5 Å². The second kappa shape index (κ2) is 8.14. The summed E-state index contributed by atoms with van der Waals surface area (Å²) >= 11 is 0. The minimum absolute atomic E-state index is 0. The first-order chi connectivity index (χ1) is 7.16. The van der Waals surface area contributed by atoms with Gasteiger partial charge in [-0.05, 0) is 12.5 Å². The molecule has 4 heteroatoms. The molecule has 1 aromatic rings. The van der Waals surface area contributed by atoms with Crippen LogP contribution in [0.3, 0.4) is 0 Å². The average Bonchev–Trinajstić information content (AvgIpc) is 2.25. The Morgan fingerprint density at radius 1 is 1.25 bits per heavy atom. The molecular weight excluding hydrogens is 231 g/mol. The van der Waals surface area contributed by atoms with Gasteiger partial charge in [-0.3, -0.25) is 4.79 Å². The quantitative estimate of drug-likeness (QED) is 0.582.